The van der Waals surface area contributed by atoms with Gasteiger partial charge >= 0.3 is 0 Å². The second-order valence-corrected chi connectivity index (χ2v) is 8.20. The number of rotatable bonds is 6. The molecule has 0 aliphatic carbocycles. The lowest BCUT2D eigenvalue weighted by Gasteiger charge is -2.09. The van der Waals surface area contributed by atoms with E-state index in [1.807, 2.05) is 18.7 Å². The Labute approximate surface area is 113 Å². The summed E-state index contributed by atoms with van der Waals surface area (Å²) in [5.41, 5.74) is 0. The number of benzene rings is 1. The molecular weight excluding hydrogens is 290 g/mol. The molecule has 0 aromatic heterocycles. The zero-order chi connectivity index (χ0) is 14.7. The molecule has 0 heterocycles. The Morgan fingerprint density at radius 2 is 1.53 bits per heavy atom. The van der Waals surface area contributed by atoms with Gasteiger partial charge in [0.15, 0.2) is 9.84 Å². The van der Waals surface area contributed by atoms with Crippen molar-refractivity contribution in [2.24, 2.45) is 5.92 Å². The van der Waals surface area contributed by atoms with Crippen LogP contribution in [0, 0.1) is 5.92 Å². The van der Waals surface area contributed by atoms with Gasteiger partial charge in [0, 0.05) is 6.26 Å². The van der Waals surface area contributed by atoms with Crippen molar-refractivity contribution in [2.75, 3.05) is 12.9 Å². The Morgan fingerprint density at radius 1 is 1.05 bits per heavy atom. The molecule has 0 bridgehead atoms. The third-order valence-corrected chi connectivity index (χ3v) is 4.51. The fourth-order valence-electron chi connectivity index (χ4n) is 1.19. The summed E-state index contributed by atoms with van der Waals surface area (Å²) in [5.74, 6) is 0.190. The van der Waals surface area contributed by atoms with E-state index in [4.69, 9.17) is 4.84 Å². The van der Waals surface area contributed by atoms with Crippen LogP contribution in [0.2, 0.25) is 0 Å². The van der Waals surface area contributed by atoms with E-state index in [1.165, 1.54) is 24.3 Å². The fraction of sp³-hybridized carbons (Fsp3) is 0.455. The van der Waals surface area contributed by atoms with Crippen LogP contribution in [-0.2, 0) is 24.7 Å². The molecule has 0 aliphatic rings. The summed E-state index contributed by atoms with van der Waals surface area (Å²) in [6, 6.07) is 4.92. The maximum atomic E-state index is 11.8. The van der Waals surface area contributed by atoms with Gasteiger partial charge in [-0.15, -0.1) is 0 Å². The Hall–Kier alpha value is -0.960. The molecule has 0 saturated carbocycles. The Morgan fingerprint density at radius 3 is 1.95 bits per heavy atom. The van der Waals surface area contributed by atoms with Crippen LogP contribution in [0.1, 0.15) is 13.8 Å². The van der Waals surface area contributed by atoms with Crippen LogP contribution in [0.5, 0.6) is 0 Å². The van der Waals surface area contributed by atoms with Gasteiger partial charge in [-0.2, -0.15) is 0 Å². The Kier molecular flexibility index (Phi) is 5.08. The first kappa shape index (κ1) is 16.1. The highest BCUT2D eigenvalue weighted by molar-refractivity contribution is 7.90. The minimum atomic E-state index is -3.79. The molecule has 0 spiro atoms. The maximum absolute atomic E-state index is 11.8. The summed E-state index contributed by atoms with van der Waals surface area (Å²) >= 11 is 0. The third-order valence-electron chi connectivity index (χ3n) is 2.15. The molecule has 0 fully saturated rings. The van der Waals surface area contributed by atoms with Gasteiger partial charge in [-0.25, -0.2) is 16.8 Å². The van der Waals surface area contributed by atoms with Crippen molar-refractivity contribution in [3.8, 4) is 0 Å². The number of sulfonamides is 1. The van der Waals surface area contributed by atoms with Crippen molar-refractivity contribution in [1.82, 2.24) is 4.89 Å². The van der Waals surface area contributed by atoms with Gasteiger partial charge in [-0.05, 0) is 30.2 Å². The smallest absolute Gasteiger partial charge is 0.262 e. The number of nitrogens with one attached hydrogen (secondary N) is 1. The lowest BCUT2D eigenvalue weighted by atomic mass is 10.2. The first-order valence-electron chi connectivity index (χ1n) is 5.56. The molecule has 1 aromatic carbocycles. The van der Waals surface area contributed by atoms with Crippen molar-refractivity contribution in [3.05, 3.63) is 24.3 Å². The predicted molar refractivity (Wildman–Crippen MR) is 70.7 cm³/mol. The molecule has 8 heteroatoms. The van der Waals surface area contributed by atoms with Gasteiger partial charge in [-0.3, -0.25) is 4.84 Å². The van der Waals surface area contributed by atoms with Gasteiger partial charge in [0.05, 0.1) is 16.4 Å². The molecule has 108 valence electrons. The Bertz CT molecular complexity index is 618. The van der Waals surface area contributed by atoms with E-state index in [0.717, 1.165) is 6.26 Å². The average molecular weight is 307 g/mol. The monoisotopic (exact) mass is 307 g/mol. The second kappa shape index (κ2) is 6.00. The Balaban J connectivity index is 2.85. The van der Waals surface area contributed by atoms with Crippen molar-refractivity contribution in [1.29, 1.82) is 0 Å². The van der Waals surface area contributed by atoms with Gasteiger partial charge in [0.2, 0.25) is 0 Å². The van der Waals surface area contributed by atoms with Gasteiger partial charge in [0.25, 0.3) is 10.0 Å². The fourth-order valence-corrected chi connectivity index (χ4v) is 2.64. The molecule has 1 rings (SSSR count). The molecule has 6 nitrogen and oxygen atoms in total. The molecule has 0 atom stereocenters. The van der Waals surface area contributed by atoms with E-state index in [9.17, 15) is 16.8 Å². The minimum Gasteiger partial charge on any atom is -0.287 e. The molecule has 0 amide bonds. The van der Waals surface area contributed by atoms with Crippen molar-refractivity contribution < 1.29 is 21.7 Å². The normalized spacial score (nSPS) is 12.8. The van der Waals surface area contributed by atoms with Crippen LogP contribution in [0.15, 0.2) is 34.1 Å². The lowest BCUT2D eigenvalue weighted by Crippen LogP contribution is -2.25. The topological polar surface area (TPSA) is 89.5 Å². The number of hydrogen-bond acceptors (Lipinski definition) is 5. The molecule has 0 aliphatic heterocycles. The summed E-state index contributed by atoms with van der Waals surface area (Å²) in [6.07, 6.45) is 1.06. The standard InChI is InChI=1S/C11H17NO5S2/c1-9(2)8-17-12-19(15,16)11-6-4-10(5-7-11)18(3,13)14/h4-7,9,12H,8H2,1-3H3. The molecule has 1 aromatic rings. The third kappa shape index (κ3) is 4.90. The maximum Gasteiger partial charge on any atom is 0.262 e. The molecule has 0 radical (unpaired) electrons. The molecule has 1 N–H and O–H groups in total. The summed E-state index contributed by atoms with van der Waals surface area (Å²) in [7, 11) is -7.12. The summed E-state index contributed by atoms with van der Waals surface area (Å²) in [6.45, 7) is 4.02. The van der Waals surface area contributed by atoms with E-state index >= 15 is 0 Å². The van der Waals surface area contributed by atoms with Crippen LogP contribution in [0.4, 0.5) is 0 Å². The zero-order valence-electron chi connectivity index (χ0n) is 11.0. The van der Waals surface area contributed by atoms with E-state index in [1.54, 1.807) is 0 Å². The van der Waals surface area contributed by atoms with Crippen LogP contribution in [0.3, 0.4) is 0 Å². The van der Waals surface area contributed by atoms with E-state index in [0.29, 0.717) is 0 Å². The minimum absolute atomic E-state index is 0.0522. The average Bonchev–Trinajstić information content (AvgIpc) is 2.27. The highest BCUT2D eigenvalue weighted by Crippen LogP contribution is 2.14. The molecule has 19 heavy (non-hydrogen) atoms. The summed E-state index contributed by atoms with van der Waals surface area (Å²) in [4.78, 5) is 6.86. The highest BCUT2D eigenvalue weighted by Gasteiger charge is 2.15. The first-order valence-corrected chi connectivity index (χ1v) is 8.94. The molecule has 0 saturated heterocycles. The van der Waals surface area contributed by atoms with Gasteiger partial charge in [-0.1, -0.05) is 18.7 Å². The largest absolute Gasteiger partial charge is 0.287 e. The van der Waals surface area contributed by atoms with Crippen LogP contribution >= 0.6 is 0 Å². The van der Waals surface area contributed by atoms with Gasteiger partial charge < -0.3 is 0 Å². The van der Waals surface area contributed by atoms with Gasteiger partial charge in [0.1, 0.15) is 0 Å². The van der Waals surface area contributed by atoms with Crippen molar-refractivity contribution in [2.45, 2.75) is 23.6 Å². The van der Waals surface area contributed by atoms with Crippen LogP contribution in [-0.4, -0.2) is 29.7 Å². The summed E-state index contributed by atoms with van der Waals surface area (Å²) < 4.78 is 46.1. The quantitative estimate of drug-likeness (QED) is 0.791. The zero-order valence-corrected chi connectivity index (χ0v) is 12.6. The first-order chi connectivity index (χ1) is 8.63. The van der Waals surface area contributed by atoms with Crippen LogP contribution < -0.4 is 4.89 Å². The van der Waals surface area contributed by atoms with Crippen molar-refractivity contribution in [3.63, 3.8) is 0 Å². The predicted octanol–water partition coefficient (Wildman–Crippen LogP) is 0.956. The van der Waals surface area contributed by atoms with Crippen LogP contribution in [0.25, 0.3) is 0 Å². The molecular formula is C11H17NO5S2. The second-order valence-electron chi connectivity index (χ2n) is 4.54. The van der Waals surface area contributed by atoms with E-state index in [-0.39, 0.29) is 22.3 Å². The number of hydrogen-bond donors (Lipinski definition) is 1. The van der Waals surface area contributed by atoms with E-state index < -0.39 is 19.9 Å². The lowest BCUT2D eigenvalue weighted by molar-refractivity contribution is 0.0718. The molecule has 0 unspecified atom stereocenters. The number of sulfone groups is 1. The van der Waals surface area contributed by atoms with Crippen molar-refractivity contribution >= 4 is 19.9 Å². The SMILES string of the molecule is CC(C)CONS(=O)(=O)c1ccc(S(C)(=O)=O)cc1. The van der Waals surface area contributed by atoms with E-state index in [2.05, 4.69) is 0 Å². The summed E-state index contributed by atoms with van der Waals surface area (Å²) in [5, 5.41) is 0. The highest BCUT2D eigenvalue weighted by atomic mass is 32.2.